The molecule has 0 bridgehead atoms. The van der Waals surface area contributed by atoms with Crippen LogP contribution in [0.5, 0.6) is 0 Å². The van der Waals surface area contributed by atoms with Gasteiger partial charge in [-0.25, -0.2) is 0 Å². The number of hydrogen-bond donors (Lipinski definition) is 1. The largest absolute Gasteiger partial charge is 0.387 e. The molecule has 1 aliphatic heterocycles. The van der Waals surface area contributed by atoms with E-state index in [1.807, 2.05) is 55.5 Å². The van der Waals surface area contributed by atoms with Gasteiger partial charge in [-0.05, 0) is 18.1 Å². The summed E-state index contributed by atoms with van der Waals surface area (Å²) in [6.45, 7) is 2.38. The van der Waals surface area contributed by atoms with Crippen molar-refractivity contribution < 1.29 is 9.90 Å². The molecule has 2 aromatic rings. The van der Waals surface area contributed by atoms with Gasteiger partial charge in [0.15, 0.2) is 0 Å². The zero-order valence-electron chi connectivity index (χ0n) is 12.5. The third-order valence-electron chi connectivity index (χ3n) is 3.85. The fraction of sp³-hybridized carbons (Fsp3) is 0.278. The molecule has 1 amide bonds. The van der Waals surface area contributed by atoms with Gasteiger partial charge < -0.3 is 10.0 Å². The van der Waals surface area contributed by atoms with Gasteiger partial charge in [-0.2, -0.15) is 0 Å². The van der Waals surface area contributed by atoms with Crippen molar-refractivity contribution in [1.29, 1.82) is 0 Å². The number of aliphatic hydroxyl groups excluding tert-OH is 1. The molecule has 114 valence electrons. The summed E-state index contributed by atoms with van der Waals surface area (Å²) in [5.74, 6) is 0.562. The number of rotatable bonds is 4. The lowest BCUT2D eigenvalue weighted by Gasteiger charge is -2.27. The van der Waals surface area contributed by atoms with Gasteiger partial charge in [0.2, 0.25) is 5.91 Å². The molecule has 1 saturated heterocycles. The van der Waals surface area contributed by atoms with Crippen molar-refractivity contribution in [1.82, 2.24) is 4.90 Å². The molecule has 1 aliphatic rings. The lowest BCUT2D eigenvalue weighted by molar-refractivity contribution is -0.129. The lowest BCUT2D eigenvalue weighted by Crippen LogP contribution is -2.32. The van der Waals surface area contributed by atoms with Crippen molar-refractivity contribution in [3.63, 3.8) is 0 Å². The van der Waals surface area contributed by atoms with Crippen LogP contribution >= 0.6 is 11.8 Å². The van der Waals surface area contributed by atoms with Gasteiger partial charge in [0.1, 0.15) is 5.37 Å². The maximum atomic E-state index is 12.2. The molecule has 4 heteroatoms. The SMILES string of the molecule is Cc1cccc([C@H]2SCC(=O)N2C[C@H](O)c2ccccc2)c1. The molecule has 1 fully saturated rings. The van der Waals surface area contributed by atoms with E-state index in [2.05, 4.69) is 6.07 Å². The second-order valence-electron chi connectivity index (χ2n) is 5.55. The molecule has 3 nitrogen and oxygen atoms in total. The summed E-state index contributed by atoms with van der Waals surface area (Å²) in [6.07, 6.45) is -0.656. The maximum absolute atomic E-state index is 12.2. The van der Waals surface area contributed by atoms with E-state index >= 15 is 0 Å². The van der Waals surface area contributed by atoms with Gasteiger partial charge in [-0.1, -0.05) is 60.2 Å². The zero-order chi connectivity index (χ0) is 15.5. The van der Waals surface area contributed by atoms with Crippen LogP contribution in [0.25, 0.3) is 0 Å². The Balaban J connectivity index is 1.80. The highest BCUT2D eigenvalue weighted by atomic mass is 32.2. The summed E-state index contributed by atoms with van der Waals surface area (Å²) >= 11 is 1.62. The fourth-order valence-electron chi connectivity index (χ4n) is 2.72. The minimum Gasteiger partial charge on any atom is -0.387 e. The van der Waals surface area contributed by atoms with Crippen LogP contribution in [0.15, 0.2) is 54.6 Å². The van der Waals surface area contributed by atoms with E-state index in [4.69, 9.17) is 0 Å². The smallest absolute Gasteiger partial charge is 0.233 e. The summed E-state index contributed by atoms with van der Waals surface area (Å²) in [4.78, 5) is 14.0. The molecule has 3 rings (SSSR count). The Hall–Kier alpha value is -1.78. The predicted octanol–water partition coefficient (Wildman–Crippen LogP) is 3.30. The van der Waals surface area contributed by atoms with Crippen LogP contribution in [-0.2, 0) is 4.79 Å². The Kier molecular flexibility index (Phi) is 4.50. The third kappa shape index (κ3) is 3.18. The van der Waals surface area contributed by atoms with E-state index < -0.39 is 6.10 Å². The Bertz CT molecular complexity index is 659. The van der Waals surface area contributed by atoms with E-state index in [0.29, 0.717) is 12.3 Å². The molecule has 0 radical (unpaired) electrons. The number of β-amino-alcohol motifs (C(OH)–C–C–N with tert-alkyl or cyclic N) is 1. The van der Waals surface area contributed by atoms with E-state index in [9.17, 15) is 9.90 Å². The summed E-state index contributed by atoms with van der Waals surface area (Å²) in [6, 6.07) is 17.7. The Labute approximate surface area is 135 Å². The molecule has 0 aliphatic carbocycles. The normalized spacial score (nSPS) is 19.5. The van der Waals surface area contributed by atoms with Crippen LogP contribution in [0.3, 0.4) is 0 Å². The number of aliphatic hydroxyl groups is 1. The minimum atomic E-state index is -0.656. The molecule has 0 saturated carbocycles. The van der Waals surface area contributed by atoms with E-state index in [0.717, 1.165) is 11.1 Å². The van der Waals surface area contributed by atoms with Crippen LogP contribution in [0, 0.1) is 6.92 Å². The molecule has 0 spiro atoms. The first-order valence-electron chi connectivity index (χ1n) is 7.36. The second-order valence-corrected chi connectivity index (χ2v) is 6.62. The van der Waals surface area contributed by atoms with Crippen molar-refractivity contribution in [3.05, 3.63) is 71.3 Å². The van der Waals surface area contributed by atoms with Crippen molar-refractivity contribution in [2.24, 2.45) is 0 Å². The Morgan fingerprint density at radius 1 is 1.23 bits per heavy atom. The number of nitrogens with zero attached hydrogens (tertiary/aromatic N) is 1. The average molecular weight is 313 g/mol. The molecular formula is C18H19NO2S. The highest BCUT2D eigenvalue weighted by molar-refractivity contribution is 8.00. The number of thioether (sulfide) groups is 1. The van der Waals surface area contributed by atoms with Crippen LogP contribution in [0.1, 0.15) is 28.2 Å². The quantitative estimate of drug-likeness (QED) is 0.941. The standard InChI is InChI=1S/C18H19NO2S/c1-13-6-5-9-15(10-13)18-19(17(21)12-22-18)11-16(20)14-7-3-2-4-8-14/h2-10,16,18,20H,11-12H2,1H3/t16-,18+/m0/s1. The van der Waals surface area contributed by atoms with Crippen molar-refractivity contribution in [3.8, 4) is 0 Å². The minimum absolute atomic E-state index is 0.00855. The monoisotopic (exact) mass is 313 g/mol. The Morgan fingerprint density at radius 3 is 2.73 bits per heavy atom. The summed E-state index contributed by atoms with van der Waals surface area (Å²) < 4.78 is 0. The highest BCUT2D eigenvalue weighted by Gasteiger charge is 2.34. The van der Waals surface area contributed by atoms with Gasteiger partial charge in [0, 0.05) is 0 Å². The van der Waals surface area contributed by atoms with Crippen molar-refractivity contribution in [2.45, 2.75) is 18.4 Å². The summed E-state index contributed by atoms with van der Waals surface area (Å²) in [5.41, 5.74) is 3.15. The summed E-state index contributed by atoms with van der Waals surface area (Å²) in [7, 11) is 0. The van der Waals surface area contributed by atoms with Gasteiger partial charge in [0.05, 0.1) is 18.4 Å². The van der Waals surface area contributed by atoms with Crippen LogP contribution in [0.4, 0.5) is 0 Å². The number of amides is 1. The second kappa shape index (κ2) is 6.55. The maximum Gasteiger partial charge on any atom is 0.233 e. The van der Waals surface area contributed by atoms with Crippen molar-refractivity contribution >= 4 is 17.7 Å². The first kappa shape index (κ1) is 15.1. The van der Waals surface area contributed by atoms with Crippen LogP contribution in [0.2, 0.25) is 0 Å². The first-order valence-corrected chi connectivity index (χ1v) is 8.40. The fourth-order valence-corrected chi connectivity index (χ4v) is 3.91. The highest BCUT2D eigenvalue weighted by Crippen LogP contribution is 2.39. The lowest BCUT2D eigenvalue weighted by atomic mass is 10.1. The van der Waals surface area contributed by atoms with E-state index in [-0.39, 0.29) is 11.3 Å². The third-order valence-corrected chi connectivity index (χ3v) is 5.11. The van der Waals surface area contributed by atoms with E-state index in [1.165, 1.54) is 5.56 Å². The predicted molar refractivity (Wildman–Crippen MR) is 89.5 cm³/mol. The topological polar surface area (TPSA) is 40.5 Å². The van der Waals surface area contributed by atoms with Gasteiger partial charge in [-0.3, -0.25) is 4.79 Å². The molecular weight excluding hydrogens is 294 g/mol. The molecule has 0 aromatic heterocycles. The Morgan fingerprint density at radius 2 is 2.00 bits per heavy atom. The summed E-state index contributed by atoms with van der Waals surface area (Å²) in [5, 5.41) is 10.4. The van der Waals surface area contributed by atoms with E-state index in [1.54, 1.807) is 16.7 Å². The number of benzene rings is 2. The van der Waals surface area contributed by atoms with Gasteiger partial charge in [-0.15, -0.1) is 11.8 Å². The number of carbonyl (C=O) groups is 1. The number of aryl methyl sites for hydroxylation is 1. The first-order chi connectivity index (χ1) is 10.6. The van der Waals surface area contributed by atoms with Crippen molar-refractivity contribution in [2.75, 3.05) is 12.3 Å². The van der Waals surface area contributed by atoms with Crippen LogP contribution < -0.4 is 0 Å². The number of hydrogen-bond acceptors (Lipinski definition) is 3. The average Bonchev–Trinajstić information content (AvgIpc) is 2.89. The van der Waals surface area contributed by atoms with Crippen LogP contribution in [-0.4, -0.2) is 28.2 Å². The molecule has 1 heterocycles. The van der Waals surface area contributed by atoms with Gasteiger partial charge in [0.25, 0.3) is 0 Å². The molecule has 0 unspecified atom stereocenters. The van der Waals surface area contributed by atoms with Gasteiger partial charge >= 0.3 is 0 Å². The zero-order valence-corrected chi connectivity index (χ0v) is 13.3. The molecule has 2 atom stereocenters. The number of carbonyl (C=O) groups excluding carboxylic acids is 1. The molecule has 22 heavy (non-hydrogen) atoms. The molecule has 1 N–H and O–H groups in total. The molecule has 2 aromatic carbocycles.